The molecule has 0 bridgehead atoms. The Bertz CT molecular complexity index is 1520. The Hall–Kier alpha value is -3.11. The predicted molar refractivity (Wildman–Crippen MR) is 177 cm³/mol. The van der Waals surface area contributed by atoms with Gasteiger partial charge in [0.2, 0.25) is 11.9 Å². The normalized spacial score (nSPS) is 20.4. The first kappa shape index (κ1) is 30.4. The molecule has 210 valence electrons. The van der Waals surface area contributed by atoms with Gasteiger partial charge < -0.3 is 15.1 Å². The molecule has 2 aromatic carbocycles. The average Bonchev–Trinajstić information content (AvgIpc) is 3.63. The van der Waals surface area contributed by atoms with Crippen molar-refractivity contribution in [1.82, 2.24) is 19.7 Å². The molecule has 2 aliphatic rings. The van der Waals surface area contributed by atoms with Gasteiger partial charge in [-0.1, -0.05) is 0 Å². The fourth-order valence-electron chi connectivity index (χ4n) is 6.36. The number of halogens is 4. The van der Waals surface area contributed by atoms with Gasteiger partial charge in [0.15, 0.2) is 11.6 Å². The second kappa shape index (κ2) is 9.98. The molecule has 0 radical (unpaired) electrons. The summed E-state index contributed by atoms with van der Waals surface area (Å²) in [6.07, 6.45) is 0.345. The van der Waals surface area contributed by atoms with Crippen molar-refractivity contribution < 1.29 is 22.4 Å². The molecule has 0 spiro atoms. The first-order valence-electron chi connectivity index (χ1n) is 14.1. The molecule has 1 amide bonds. The summed E-state index contributed by atoms with van der Waals surface area (Å²) >= 11 is 0. The second-order valence-electron chi connectivity index (χ2n) is 13.4. The highest BCUT2D eigenvalue weighted by molar-refractivity contribution is 6.63. The van der Waals surface area contributed by atoms with Crippen molar-refractivity contribution in [1.29, 1.82) is 0 Å². The Morgan fingerprint density at radius 3 is 2.02 bits per heavy atom. The lowest BCUT2D eigenvalue weighted by atomic mass is 9.26. The molecule has 2 fully saturated rings. The van der Waals surface area contributed by atoms with Crippen molar-refractivity contribution in [2.24, 2.45) is 5.92 Å². The number of nitrogens with zero attached hydrogens (tertiary/aromatic N) is 5. The maximum atomic E-state index is 14.3. The van der Waals surface area contributed by atoms with Gasteiger partial charge >= 0.3 is 0 Å². The summed E-state index contributed by atoms with van der Waals surface area (Å²) in [5.74, 6) is -1.75. The van der Waals surface area contributed by atoms with Crippen LogP contribution in [0.25, 0.3) is 5.69 Å². The highest BCUT2D eigenvalue weighted by Gasteiger charge is 2.63. The van der Waals surface area contributed by atoms with E-state index < -0.39 is 39.4 Å². The number of alkyl halides is 2. The smallest absolute Gasteiger partial charge is 0.263 e. The maximum Gasteiger partial charge on any atom is 0.263 e. The van der Waals surface area contributed by atoms with Gasteiger partial charge in [-0.2, -0.15) is 4.98 Å². The SMILES string of the molecule is BC1(B)N(C(=O)C2CC2)C(B)(B)C(B)(B)N(c2cc(Nc3ncn(-c4ccc(F)c(F)c4)n3)cc(C(F)F)c2)C1(B)B. The molecule has 1 saturated carbocycles. The summed E-state index contributed by atoms with van der Waals surface area (Å²) in [6.45, 7) is 0. The lowest BCUT2D eigenvalue weighted by molar-refractivity contribution is -0.138. The number of carbonyl (C=O) groups excluding carboxylic acids is 1. The molecule has 0 atom stereocenters. The fraction of sp³-hybridized carbons (Fsp3) is 0.348. The van der Waals surface area contributed by atoms with E-state index in [0.717, 1.165) is 25.0 Å². The highest BCUT2D eigenvalue weighted by Crippen LogP contribution is 2.48. The van der Waals surface area contributed by atoms with Gasteiger partial charge in [-0.15, -0.1) is 5.10 Å². The van der Waals surface area contributed by atoms with Gasteiger partial charge in [0.1, 0.15) is 69.1 Å². The molecule has 5 rings (SSSR count). The van der Waals surface area contributed by atoms with Crippen molar-refractivity contribution in [3.8, 4) is 5.69 Å². The number of hydrogen-bond acceptors (Lipinski definition) is 5. The minimum Gasteiger partial charge on any atom is -0.390 e. The monoisotopic (exact) mass is 570 g/mol. The zero-order valence-corrected chi connectivity index (χ0v) is 25.3. The molecule has 1 N–H and O–H groups in total. The number of anilines is 3. The van der Waals surface area contributed by atoms with Crippen LogP contribution in [0.5, 0.6) is 0 Å². The molecule has 2 heterocycles. The van der Waals surface area contributed by atoms with Crippen LogP contribution in [0, 0.1) is 17.6 Å². The third-order valence-corrected chi connectivity index (χ3v) is 9.74. The van der Waals surface area contributed by atoms with Crippen molar-refractivity contribution in [3.05, 3.63) is 59.9 Å². The zero-order chi connectivity index (χ0) is 31.0. The summed E-state index contributed by atoms with van der Waals surface area (Å²) in [7, 11) is 16.4. The van der Waals surface area contributed by atoms with E-state index in [1.807, 2.05) is 67.7 Å². The Labute approximate surface area is 250 Å². The standard InChI is InChI=1S/C23H30B8F4N6O/c24-20(25)22(28,29)41(18(42)10-1-2-10)23(30,31)21(26,27)40(20)14-6-11(17(34)35)5-12(7-14)37-19-36-9-39(38-19)13-3-4-15(32)16(33)8-13/h3-10,17H,1-2,24-31H2,(H,37,38). The van der Waals surface area contributed by atoms with E-state index in [-0.39, 0.29) is 29.0 Å². The van der Waals surface area contributed by atoms with Crippen molar-refractivity contribution in [2.45, 2.75) is 40.6 Å². The Morgan fingerprint density at radius 2 is 1.48 bits per heavy atom. The minimum absolute atomic E-state index is 0.0263. The number of nitrogens with one attached hydrogen (secondary N) is 1. The lowest BCUT2D eigenvalue weighted by Crippen LogP contribution is -2.93. The highest BCUT2D eigenvalue weighted by atomic mass is 19.3. The number of benzene rings is 2. The minimum atomic E-state index is -2.75. The maximum absolute atomic E-state index is 14.3. The fourth-order valence-corrected chi connectivity index (χ4v) is 6.36. The summed E-state index contributed by atoms with van der Waals surface area (Å²) in [5.41, 5.74) is 0.964. The van der Waals surface area contributed by atoms with E-state index in [9.17, 15) is 22.4 Å². The topological polar surface area (TPSA) is 66.3 Å². The molecule has 3 aromatic rings. The van der Waals surface area contributed by atoms with Crippen LogP contribution in [0.4, 0.5) is 34.9 Å². The first-order chi connectivity index (χ1) is 19.4. The zero-order valence-electron chi connectivity index (χ0n) is 25.3. The molecule has 7 nitrogen and oxygen atoms in total. The van der Waals surface area contributed by atoms with Gasteiger partial charge in [0, 0.05) is 28.9 Å². The second-order valence-corrected chi connectivity index (χ2v) is 13.4. The summed E-state index contributed by atoms with van der Waals surface area (Å²) in [6, 6.07) is 7.95. The number of carbonyl (C=O) groups is 1. The molecule has 1 aromatic heterocycles. The Balaban J connectivity index is 1.56. The number of amides is 1. The molecule has 19 heteroatoms. The van der Waals surface area contributed by atoms with Crippen LogP contribution in [0.3, 0.4) is 0 Å². The van der Waals surface area contributed by atoms with E-state index >= 15 is 0 Å². The molecule has 0 unspecified atom stereocenters. The largest absolute Gasteiger partial charge is 0.390 e. The Morgan fingerprint density at radius 1 is 0.857 bits per heavy atom. The van der Waals surface area contributed by atoms with Crippen molar-refractivity contribution in [2.75, 3.05) is 10.2 Å². The van der Waals surface area contributed by atoms with Crippen LogP contribution in [0.2, 0.25) is 0 Å². The van der Waals surface area contributed by atoms with Crippen LogP contribution >= 0.6 is 0 Å². The summed E-state index contributed by atoms with van der Waals surface area (Å²) in [4.78, 5) is 22.1. The molecular weight excluding hydrogens is 539 g/mol. The predicted octanol–water partition coefficient (Wildman–Crippen LogP) is -4.03. The van der Waals surface area contributed by atoms with Gasteiger partial charge in [-0.25, -0.2) is 22.2 Å². The van der Waals surface area contributed by atoms with Gasteiger partial charge in [-0.3, -0.25) is 4.79 Å². The van der Waals surface area contributed by atoms with E-state index in [1.54, 1.807) is 6.07 Å². The number of hydrogen-bond donors (Lipinski definition) is 1. The van der Waals surface area contributed by atoms with Crippen LogP contribution in [-0.4, -0.2) is 110 Å². The molecule has 1 aliphatic carbocycles. The third-order valence-electron chi connectivity index (χ3n) is 9.74. The number of aromatic nitrogens is 3. The van der Waals surface area contributed by atoms with E-state index in [2.05, 4.69) is 20.3 Å². The van der Waals surface area contributed by atoms with Crippen LogP contribution in [0.1, 0.15) is 24.8 Å². The van der Waals surface area contributed by atoms with E-state index in [4.69, 9.17) is 0 Å². The van der Waals surface area contributed by atoms with Gasteiger partial charge in [0.25, 0.3) is 6.43 Å². The lowest BCUT2D eigenvalue weighted by Gasteiger charge is -2.74. The number of piperazine rings is 1. The van der Waals surface area contributed by atoms with Gasteiger partial charge in [-0.05, 0) is 64.5 Å². The summed E-state index contributed by atoms with van der Waals surface area (Å²) < 4.78 is 57.0. The van der Waals surface area contributed by atoms with Crippen LogP contribution < -0.4 is 10.2 Å². The third kappa shape index (κ3) is 4.76. The molecule has 42 heavy (non-hydrogen) atoms. The number of rotatable bonds is 6. The molecular formula is C23H30B8F4N6O. The summed E-state index contributed by atoms with van der Waals surface area (Å²) in [5, 5.41) is 4.60. The quantitative estimate of drug-likeness (QED) is 0.242. The Kier molecular flexibility index (Phi) is 7.21. The van der Waals surface area contributed by atoms with Crippen LogP contribution in [-0.2, 0) is 4.79 Å². The average molecular weight is 569 g/mol. The van der Waals surface area contributed by atoms with E-state index in [0.29, 0.717) is 11.4 Å². The molecule has 1 saturated heterocycles. The van der Waals surface area contributed by atoms with E-state index in [1.165, 1.54) is 29.2 Å². The van der Waals surface area contributed by atoms with Crippen LogP contribution in [0.15, 0.2) is 42.7 Å². The molecule has 1 aliphatic heterocycles. The van der Waals surface area contributed by atoms with Gasteiger partial charge in [0.05, 0.1) is 5.69 Å². The van der Waals surface area contributed by atoms with Crippen molar-refractivity contribution in [3.63, 3.8) is 0 Å². The van der Waals surface area contributed by atoms with Crippen molar-refractivity contribution >= 4 is 86.0 Å². The first-order valence-corrected chi connectivity index (χ1v) is 14.1.